The minimum absolute atomic E-state index is 0.223. The van der Waals surface area contributed by atoms with Gasteiger partial charge in [-0.15, -0.1) is 0 Å². The fraction of sp³-hybridized carbons (Fsp3) is 0.700. The molecule has 1 fully saturated rings. The average Bonchev–Trinajstić information content (AvgIpc) is 2.89. The Labute approximate surface area is 146 Å². The van der Waals surface area contributed by atoms with Crippen molar-refractivity contribution in [1.82, 2.24) is 10.6 Å². The summed E-state index contributed by atoms with van der Waals surface area (Å²) < 4.78 is 43.0. The third-order valence-electron chi connectivity index (χ3n) is 4.37. The number of guanidine groups is 2. The molecule has 0 aliphatic carbocycles. The van der Waals surface area contributed by atoms with Crippen molar-refractivity contribution in [3.05, 3.63) is 0 Å². The number of carbonyl (C=O) groups is 1. The standard InChI is InChI=1S/C10H17N7O8S/c11-6-15-5-3(2-24-8(13)18)14-7(12)17-4(25-26(21,22)23)1-9(19,20)10(5,17)16-6/h3-5,19-20H,1-2H2,(H8,11,12,13,14,15,16,18,21,22,23)/t3-,4?,5-,10-/m0/s1. The van der Waals surface area contributed by atoms with E-state index >= 15 is 0 Å². The highest BCUT2D eigenvalue weighted by Crippen LogP contribution is 2.44. The molecule has 10 N–H and O–H groups in total. The van der Waals surface area contributed by atoms with Crippen LogP contribution >= 0.6 is 0 Å². The van der Waals surface area contributed by atoms with Gasteiger partial charge in [-0.2, -0.15) is 0 Å². The van der Waals surface area contributed by atoms with Crippen molar-refractivity contribution in [2.45, 2.75) is 36.2 Å². The SMILES string of the molecule is NC(=O)OC[C@@H]1NC(N)=[N+]2C(OS(=O)(=O)[O-])CC(O)(O)[C@@]23NC(N)=N[C@@H]13. The van der Waals surface area contributed by atoms with Crippen LogP contribution in [0, 0.1) is 0 Å². The molecule has 3 aliphatic rings. The van der Waals surface area contributed by atoms with Crippen molar-refractivity contribution in [3.8, 4) is 0 Å². The van der Waals surface area contributed by atoms with Crippen molar-refractivity contribution in [1.29, 1.82) is 0 Å². The lowest BCUT2D eigenvalue weighted by molar-refractivity contribution is -0.672. The number of ether oxygens (including phenoxy) is 1. The van der Waals surface area contributed by atoms with Crippen molar-refractivity contribution in [2.24, 2.45) is 22.2 Å². The topological polar surface area (TPSA) is 251 Å². The highest BCUT2D eigenvalue weighted by Gasteiger charge is 2.74. The number of aliphatic hydroxyl groups is 2. The van der Waals surface area contributed by atoms with Crippen molar-refractivity contribution >= 4 is 28.4 Å². The van der Waals surface area contributed by atoms with E-state index in [0.717, 1.165) is 4.58 Å². The summed E-state index contributed by atoms with van der Waals surface area (Å²) in [5.74, 6) is -3.20. The minimum Gasteiger partial charge on any atom is -0.725 e. The van der Waals surface area contributed by atoms with Crippen molar-refractivity contribution in [2.75, 3.05) is 6.61 Å². The summed E-state index contributed by atoms with van der Waals surface area (Å²) in [4.78, 5) is 14.9. The van der Waals surface area contributed by atoms with E-state index in [9.17, 15) is 28.0 Å². The maximum Gasteiger partial charge on any atom is 0.404 e. The van der Waals surface area contributed by atoms with Crippen LogP contribution in [-0.4, -0.2) is 82.1 Å². The van der Waals surface area contributed by atoms with Gasteiger partial charge in [0, 0.05) is 0 Å². The fourth-order valence-corrected chi connectivity index (χ4v) is 4.00. The molecule has 0 aromatic carbocycles. The van der Waals surface area contributed by atoms with Gasteiger partial charge in [-0.3, -0.25) is 11.1 Å². The van der Waals surface area contributed by atoms with Crippen LogP contribution in [0.5, 0.6) is 0 Å². The van der Waals surface area contributed by atoms with Gasteiger partial charge in [0.05, 0.1) is 6.42 Å². The van der Waals surface area contributed by atoms with Crippen LogP contribution in [0.4, 0.5) is 4.79 Å². The van der Waals surface area contributed by atoms with E-state index in [1.54, 1.807) is 0 Å². The summed E-state index contributed by atoms with van der Waals surface area (Å²) in [6, 6.07) is -2.04. The molecule has 1 spiro atoms. The molecule has 3 heterocycles. The number of aliphatic imine (C=N–C) groups is 1. The molecule has 0 saturated carbocycles. The normalized spacial score (nSPS) is 35.0. The molecule has 26 heavy (non-hydrogen) atoms. The van der Waals surface area contributed by atoms with Gasteiger partial charge in [0.25, 0.3) is 0 Å². The molecule has 146 valence electrons. The van der Waals surface area contributed by atoms with Gasteiger partial charge in [0.1, 0.15) is 12.6 Å². The summed E-state index contributed by atoms with van der Waals surface area (Å²) in [6.45, 7) is -0.365. The van der Waals surface area contributed by atoms with Gasteiger partial charge in [-0.25, -0.2) is 27.0 Å². The van der Waals surface area contributed by atoms with E-state index in [-0.39, 0.29) is 18.5 Å². The van der Waals surface area contributed by atoms with Crippen molar-refractivity contribution in [3.63, 3.8) is 0 Å². The average molecular weight is 395 g/mol. The highest BCUT2D eigenvalue weighted by atomic mass is 32.3. The van der Waals surface area contributed by atoms with Gasteiger partial charge in [0.15, 0.2) is 12.0 Å². The van der Waals surface area contributed by atoms with E-state index in [2.05, 4.69) is 19.8 Å². The molecular formula is C10H17N7O8S. The first-order chi connectivity index (χ1) is 11.9. The molecule has 0 aromatic rings. The monoisotopic (exact) mass is 395 g/mol. The number of nitrogens with two attached hydrogens (primary N) is 3. The zero-order valence-electron chi connectivity index (χ0n) is 13.0. The number of rotatable bonds is 4. The Morgan fingerprint density at radius 2 is 2.12 bits per heavy atom. The number of carbonyl (C=O) groups excluding carboxylic acids is 1. The summed E-state index contributed by atoms with van der Waals surface area (Å²) in [6.07, 6.45) is -3.49. The molecule has 15 nitrogen and oxygen atoms in total. The number of nitrogens with one attached hydrogen (secondary N) is 2. The van der Waals surface area contributed by atoms with Crippen LogP contribution in [-0.2, 0) is 19.3 Å². The smallest absolute Gasteiger partial charge is 0.404 e. The van der Waals surface area contributed by atoms with Gasteiger partial charge in [0.2, 0.25) is 28.1 Å². The Kier molecular flexibility index (Phi) is 3.92. The molecule has 4 atom stereocenters. The third kappa shape index (κ3) is 2.67. The Morgan fingerprint density at radius 3 is 2.69 bits per heavy atom. The number of hydrogen-bond acceptors (Lipinski definition) is 13. The minimum atomic E-state index is -5.21. The molecular weight excluding hydrogens is 378 g/mol. The summed E-state index contributed by atoms with van der Waals surface area (Å²) in [5, 5.41) is 26.3. The summed E-state index contributed by atoms with van der Waals surface area (Å²) in [7, 11) is -5.21. The van der Waals surface area contributed by atoms with Crippen LogP contribution in [0.25, 0.3) is 0 Å². The van der Waals surface area contributed by atoms with Crippen LogP contribution in [0.15, 0.2) is 4.99 Å². The quantitative estimate of drug-likeness (QED) is 0.102. The van der Waals surface area contributed by atoms with Crippen molar-refractivity contribution < 1.29 is 41.5 Å². The maximum atomic E-state index is 11.0. The Hall–Kier alpha value is -2.40. The van der Waals surface area contributed by atoms with Gasteiger partial charge in [-0.1, -0.05) is 0 Å². The number of primary amides is 1. The third-order valence-corrected chi connectivity index (χ3v) is 4.83. The molecule has 0 radical (unpaired) electrons. The second-order valence-electron chi connectivity index (χ2n) is 5.97. The zero-order valence-corrected chi connectivity index (χ0v) is 13.8. The van der Waals surface area contributed by atoms with E-state index in [0.29, 0.717) is 0 Å². The zero-order chi connectivity index (χ0) is 19.5. The first-order valence-corrected chi connectivity index (χ1v) is 8.51. The number of amides is 1. The molecule has 3 aliphatic heterocycles. The first kappa shape index (κ1) is 18.4. The van der Waals surface area contributed by atoms with Crippen LogP contribution < -0.4 is 27.8 Å². The van der Waals surface area contributed by atoms with Gasteiger partial charge >= 0.3 is 12.1 Å². The first-order valence-electron chi connectivity index (χ1n) is 7.18. The van der Waals surface area contributed by atoms with Gasteiger partial charge in [-0.05, 0) is 0 Å². The summed E-state index contributed by atoms with van der Waals surface area (Å²) >= 11 is 0. The van der Waals surface area contributed by atoms with E-state index in [1.807, 2.05) is 0 Å². The van der Waals surface area contributed by atoms with Crippen LogP contribution in [0.3, 0.4) is 0 Å². The van der Waals surface area contributed by atoms with E-state index < -0.39 is 52.7 Å². The van der Waals surface area contributed by atoms with E-state index in [1.165, 1.54) is 0 Å². The molecule has 1 amide bonds. The fourth-order valence-electron chi connectivity index (χ4n) is 3.58. The number of nitrogens with zero attached hydrogens (tertiary/aromatic N) is 2. The Bertz CT molecular complexity index is 810. The largest absolute Gasteiger partial charge is 0.725 e. The molecule has 0 bridgehead atoms. The Balaban J connectivity index is 2.08. The molecule has 0 aromatic heterocycles. The molecule has 1 saturated heterocycles. The number of hydrogen-bond donors (Lipinski definition) is 7. The lowest BCUT2D eigenvalue weighted by atomic mass is 9.87. The second-order valence-corrected chi connectivity index (χ2v) is 6.98. The lowest BCUT2D eigenvalue weighted by Gasteiger charge is -2.42. The summed E-state index contributed by atoms with van der Waals surface area (Å²) in [5.41, 5.74) is 14.5. The molecule has 3 rings (SSSR count). The predicted molar refractivity (Wildman–Crippen MR) is 79.5 cm³/mol. The second kappa shape index (κ2) is 5.55. The lowest BCUT2D eigenvalue weighted by Crippen LogP contribution is -2.78. The van der Waals surface area contributed by atoms with Gasteiger partial charge < -0.3 is 36.3 Å². The molecule has 16 heteroatoms. The van der Waals surface area contributed by atoms with Crippen LogP contribution in [0.2, 0.25) is 0 Å². The van der Waals surface area contributed by atoms with E-state index in [4.69, 9.17) is 21.9 Å². The Morgan fingerprint density at radius 1 is 1.46 bits per heavy atom. The maximum absolute atomic E-state index is 11.0. The molecule has 1 unspecified atom stereocenters. The highest BCUT2D eigenvalue weighted by molar-refractivity contribution is 7.80. The van der Waals surface area contributed by atoms with Crippen LogP contribution in [0.1, 0.15) is 6.42 Å². The predicted octanol–water partition coefficient (Wildman–Crippen LogP) is -5.75.